The van der Waals surface area contributed by atoms with Gasteiger partial charge in [0, 0.05) is 18.9 Å². The molecule has 0 saturated heterocycles. The quantitative estimate of drug-likeness (QED) is 0.795. The van der Waals surface area contributed by atoms with E-state index in [9.17, 15) is 4.79 Å². The lowest BCUT2D eigenvalue weighted by Crippen LogP contribution is -2.57. The molecule has 0 atom stereocenters. The van der Waals surface area contributed by atoms with Gasteiger partial charge in [-0.25, -0.2) is 9.31 Å². The minimum Gasteiger partial charge on any atom is -0.470 e. The van der Waals surface area contributed by atoms with Crippen LogP contribution in [0.2, 0.25) is 5.15 Å². The predicted molar refractivity (Wildman–Crippen MR) is 97.1 cm³/mol. The third-order valence-corrected chi connectivity index (χ3v) is 4.57. The van der Waals surface area contributed by atoms with E-state index in [0.717, 1.165) is 4.47 Å². The number of nitrogens with zero attached hydrogens (tertiary/aromatic N) is 3. The fourth-order valence-electron chi connectivity index (χ4n) is 2.87. The predicted octanol–water partition coefficient (Wildman–Crippen LogP) is 3.97. The van der Waals surface area contributed by atoms with Gasteiger partial charge in [0.1, 0.15) is 16.7 Å². The molecule has 1 fully saturated rings. The van der Waals surface area contributed by atoms with Gasteiger partial charge in [0.2, 0.25) is 5.88 Å². The van der Waals surface area contributed by atoms with Gasteiger partial charge in [-0.2, -0.15) is 10.1 Å². The van der Waals surface area contributed by atoms with Crippen molar-refractivity contribution in [1.29, 1.82) is 0 Å². The van der Waals surface area contributed by atoms with Crippen molar-refractivity contribution < 1.29 is 14.3 Å². The van der Waals surface area contributed by atoms with E-state index in [2.05, 4.69) is 31.3 Å². The molecule has 2 aromatic rings. The molecule has 9 heteroatoms. The van der Waals surface area contributed by atoms with Crippen LogP contribution in [0.25, 0.3) is 5.52 Å². The number of rotatable bonds is 3. The molecule has 0 radical (unpaired) electrons. The highest BCUT2D eigenvalue weighted by Gasteiger charge is 2.44. The summed E-state index contributed by atoms with van der Waals surface area (Å²) >= 11 is 9.48. The Bertz CT molecular complexity index is 812. The van der Waals surface area contributed by atoms with Gasteiger partial charge in [-0.3, -0.25) is 0 Å². The first-order valence-electron chi connectivity index (χ1n) is 7.93. The number of alkyl carbamates (subject to hydrolysis) is 1. The van der Waals surface area contributed by atoms with Gasteiger partial charge >= 0.3 is 6.09 Å². The Morgan fingerprint density at radius 2 is 2.16 bits per heavy atom. The summed E-state index contributed by atoms with van der Waals surface area (Å²) in [6.07, 6.45) is 4.17. The average molecular weight is 432 g/mol. The van der Waals surface area contributed by atoms with E-state index in [-0.39, 0.29) is 6.04 Å². The van der Waals surface area contributed by atoms with E-state index >= 15 is 0 Å². The Morgan fingerprint density at radius 1 is 1.48 bits per heavy atom. The van der Waals surface area contributed by atoms with Gasteiger partial charge in [-0.1, -0.05) is 11.6 Å². The van der Waals surface area contributed by atoms with Crippen molar-refractivity contribution in [3.8, 4) is 5.88 Å². The van der Waals surface area contributed by atoms with Crippen LogP contribution < -0.4 is 10.1 Å². The zero-order valence-electron chi connectivity index (χ0n) is 14.5. The maximum Gasteiger partial charge on any atom is 0.407 e. The highest BCUT2D eigenvalue weighted by atomic mass is 79.9. The summed E-state index contributed by atoms with van der Waals surface area (Å²) in [5.41, 5.74) is -0.242. The minimum absolute atomic E-state index is 0.00315. The van der Waals surface area contributed by atoms with Crippen molar-refractivity contribution in [2.24, 2.45) is 0 Å². The molecule has 25 heavy (non-hydrogen) atoms. The number of carbonyl (C=O) groups is 1. The topological polar surface area (TPSA) is 77.8 Å². The molecule has 3 rings (SSSR count). The molecular weight excluding hydrogens is 412 g/mol. The van der Waals surface area contributed by atoms with Crippen molar-refractivity contribution in [2.75, 3.05) is 0 Å². The van der Waals surface area contributed by atoms with Gasteiger partial charge < -0.3 is 14.8 Å². The lowest BCUT2D eigenvalue weighted by molar-refractivity contribution is -0.0217. The molecule has 7 nitrogen and oxygen atoms in total. The number of fused-ring (bicyclic) bond motifs is 1. The first-order valence-corrected chi connectivity index (χ1v) is 9.10. The monoisotopic (exact) mass is 430 g/mol. The molecule has 0 aromatic carbocycles. The van der Waals surface area contributed by atoms with Crippen molar-refractivity contribution >= 4 is 39.1 Å². The Balaban J connectivity index is 1.66. The van der Waals surface area contributed by atoms with Gasteiger partial charge in [-0.15, -0.1) is 0 Å². The molecule has 0 unspecified atom stereocenters. The number of halogens is 2. The maximum atomic E-state index is 11.8. The second-order valence-corrected chi connectivity index (χ2v) is 8.70. The molecular formula is C16H20BrClN4O3. The van der Waals surface area contributed by atoms with Crippen LogP contribution in [0, 0.1) is 0 Å². The van der Waals surface area contributed by atoms with Crippen LogP contribution in [0.5, 0.6) is 5.88 Å². The number of hydrogen-bond acceptors (Lipinski definition) is 5. The van der Waals surface area contributed by atoms with Crippen molar-refractivity contribution in [1.82, 2.24) is 19.9 Å². The number of hydrogen-bond donors (Lipinski definition) is 1. The molecule has 0 aliphatic heterocycles. The normalized spacial score (nSPS) is 23.2. The maximum absolute atomic E-state index is 11.8. The van der Waals surface area contributed by atoms with E-state index in [1.54, 1.807) is 16.9 Å². The Hall–Kier alpha value is -1.54. The van der Waals surface area contributed by atoms with E-state index in [1.165, 1.54) is 0 Å². The standard InChI is InChI=1S/C16H20BrClN4O3/c1-15(2,3)25-14(23)20-9-5-16(4,6-9)24-13-12-10(17)7-19-22(12)8-11(18)21-13/h7-9H,5-6H2,1-4H3,(H,20,23). The SMILES string of the molecule is CC(C)(C)OC(=O)NC1CC(C)(Oc2nc(Cl)cn3ncc(Br)c23)C1. The van der Waals surface area contributed by atoms with Crippen LogP contribution in [-0.4, -0.2) is 37.9 Å². The lowest BCUT2D eigenvalue weighted by atomic mass is 9.77. The first kappa shape index (κ1) is 18.3. The average Bonchev–Trinajstić information content (AvgIpc) is 2.76. The third kappa shape index (κ3) is 4.17. The molecule has 2 aromatic heterocycles. The first-order chi connectivity index (χ1) is 11.5. The number of ether oxygens (including phenoxy) is 2. The van der Waals surface area contributed by atoms with Crippen LogP contribution in [-0.2, 0) is 4.74 Å². The van der Waals surface area contributed by atoms with Gasteiger partial charge in [0.15, 0.2) is 5.15 Å². The summed E-state index contributed by atoms with van der Waals surface area (Å²) in [5.74, 6) is 0.412. The fourth-order valence-corrected chi connectivity index (χ4v) is 3.48. The smallest absolute Gasteiger partial charge is 0.407 e. The zero-order chi connectivity index (χ0) is 18.4. The molecule has 0 bridgehead atoms. The van der Waals surface area contributed by atoms with Crippen LogP contribution in [0.1, 0.15) is 40.5 Å². The lowest BCUT2D eigenvalue weighted by Gasteiger charge is -2.44. The summed E-state index contributed by atoms with van der Waals surface area (Å²) in [6, 6.07) is 0.00315. The summed E-state index contributed by atoms with van der Waals surface area (Å²) in [7, 11) is 0. The largest absolute Gasteiger partial charge is 0.470 e. The fraction of sp³-hybridized carbons (Fsp3) is 0.562. The van der Waals surface area contributed by atoms with Gasteiger partial charge in [-0.05, 0) is 43.6 Å². The summed E-state index contributed by atoms with van der Waals surface area (Å²) in [4.78, 5) is 16.1. The molecule has 1 saturated carbocycles. The molecule has 136 valence electrons. The van der Waals surface area contributed by atoms with Crippen LogP contribution in [0.4, 0.5) is 4.79 Å². The van der Waals surface area contributed by atoms with Crippen molar-refractivity contribution in [3.63, 3.8) is 0 Å². The summed E-state index contributed by atoms with van der Waals surface area (Å²) < 4.78 is 13.8. The molecule has 1 aliphatic rings. The molecule has 0 spiro atoms. The highest BCUT2D eigenvalue weighted by molar-refractivity contribution is 9.10. The summed E-state index contributed by atoms with van der Waals surface area (Å²) in [5, 5.41) is 7.34. The van der Waals surface area contributed by atoms with Crippen LogP contribution >= 0.6 is 27.5 Å². The Kier molecular flexibility index (Phi) is 4.61. The number of carbonyl (C=O) groups excluding carboxylic acids is 1. The van der Waals surface area contributed by atoms with E-state index in [1.807, 2.05) is 27.7 Å². The van der Waals surface area contributed by atoms with E-state index < -0.39 is 17.3 Å². The van der Waals surface area contributed by atoms with Crippen molar-refractivity contribution in [3.05, 3.63) is 22.0 Å². The number of amides is 1. The molecule has 1 aliphatic carbocycles. The molecule has 1 amide bonds. The van der Waals surface area contributed by atoms with Crippen LogP contribution in [0.3, 0.4) is 0 Å². The van der Waals surface area contributed by atoms with Gasteiger partial charge in [0.05, 0.1) is 16.9 Å². The zero-order valence-corrected chi connectivity index (χ0v) is 16.8. The molecule has 1 N–H and O–H groups in total. The van der Waals surface area contributed by atoms with E-state index in [0.29, 0.717) is 29.4 Å². The Morgan fingerprint density at radius 3 is 2.80 bits per heavy atom. The molecule has 2 heterocycles. The van der Waals surface area contributed by atoms with Gasteiger partial charge in [0.25, 0.3) is 0 Å². The highest BCUT2D eigenvalue weighted by Crippen LogP contribution is 2.39. The van der Waals surface area contributed by atoms with Crippen LogP contribution in [0.15, 0.2) is 16.9 Å². The van der Waals surface area contributed by atoms with E-state index in [4.69, 9.17) is 21.1 Å². The third-order valence-electron chi connectivity index (χ3n) is 3.81. The minimum atomic E-state index is -0.516. The summed E-state index contributed by atoms with van der Waals surface area (Å²) in [6.45, 7) is 7.48. The second kappa shape index (κ2) is 6.32. The number of nitrogens with one attached hydrogen (secondary N) is 1. The second-order valence-electron chi connectivity index (χ2n) is 7.46. The van der Waals surface area contributed by atoms with Crippen molar-refractivity contribution in [2.45, 2.75) is 57.8 Å². The Labute approximate surface area is 159 Å². The number of aromatic nitrogens is 3.